The lowest BCUT2D eigenvalue weighted by Gasteiger charge is -2.18. The fraction of sp³-hybridized carbons (Fsp3) is 0.350. The molecule has 2 heterocycles. The average Bonchev–Trinajstić information content (AvgIpc) is 3.21. The van der Waals surface area contributed by atoms with E-state index in [-0.39, 0.29) is 5.91 Å². The minimum Gasteiger partial charge on any atom is -0.358 e. The van der Waals surface area contributed by atoms with Crippen molar-refractivity contribution in [2.24, 2.45) is 5.92 Å². The molecule has 1 unspecified atom stereocenters. The van der Waals surface area contributed by atoms with Crippen LogP contribution in [0.15, 0.2) is 35.7 Å². The van der Waals surface area contributed by atoms with Gasteiger partial charge in [0.05, 0.1) is 6.54 Å². The second-order valence-corrected chi connectivity index (χ2v) is 7.96. The molecule has 24 heavy (non-hydrogen) atoms. The molecule has 3 aromatic rings. The summed E-state index contributed by atoms with van der Waals surface area (Å²) in [4.78, 5) is 19.3. The molecule has 0 bridgehead atoms. The third kappa shape index (κ3) is 2.75. The number of aromatic nitrogens is 1. The minimum absolute atomic E-state index is 0.0871. The summed E-state index contributed by atoms with van der Waals surface area (Å²) in [5, 5.41) is 3.28. The molecule has 1 N–H and O–H groups in total. The molecule has 2 aromatic heterocycles. The van der Waals surface area contributed by atoms with Crippen molar-refractivity contribution >= 4 is 28.1 Å². The molecule has 1 aliphatic carbocycles. The predicted molar refractivity (Wildman–Crippen MR) is 99.6 cm³/mol. The third-order valence-electron chi connectivity index (χ3n) is 5.00. The molecule has 1 atom stereocenters. The van der Waals surface area contributed by atoms with E-state index in [1.807, 2.05) is 24.6 Å². The quantitative estimate of drug-likeness (QED) is 0.743. The number of H-pyrrole nitrogens is 1. The number of hydrogen-bond donors (Lipinski definition) is 1. The summed E-state index contributed by atoms with van der Waals surface area (Å²) in [6.45, 7) is 2.97. The zero-order chi connectivity index (χ0) is 16.7. The molecule has 0 spiro atoms. The van der Waals surface area contributed by atoms with Crippen LogP contribution in [0.3, 0.4) is 0 Å². The van der Waals surface area contributed by atoms with Crippen LogP contribution in [0.4, 0.5) is 0 Å². The molecule has 0 aliphatic heterocycles. The van der Waals surface area contributed by atoms with Gasteiger partial charge in [0.2, 0.25) is 0 Å². The number of benzene rings is 1. The highest BCUT2D eigenvalue weighted by atomic mass is 32.1. The molecular weight excluding hydrogens is 316 g/mol. The second-order valence-electron chi connectivity index (χ2n) is 6.93. The van der Waals surface area contributed by atoms with E-state index < -0.39 is 0 Å². The lowest BCUT2D eigenvalue weighted by molar-refractivity contribution is 0.0786. The van der Waals surface area contributed by atoms with Crippen LogP contribution in [0.25, 0.3) is 10.9 Å². The molecule has 0 saturated carbocycles. The highest BCUT2D eigenvalue weighted by Gasteiger charge is 2.21. The lowest BCUT2D eigenvalue weighted by atomic mass is 9.87. The Bertz CT molecular complexity index is 879. The number of aromatic amines is 1. The fourth-order valence-electron chi connectivity index (χ4n) is 3.65. The Morgan fingerprint density at radius 2 is 2.25 bits per heavy atom. The first-order valence-corrected chi connectivity index (χ1v) is 9.41. The van der Waals surface area contributed by atoms with Crippen LogP contribution in [-0.2, 0) is 19.4 Å². The molecule has 1 amide bonds. The minimum atomic E-state index is 0.0871. The number of fused-ring (bicyclic) bond motifs is 3. The number of thiophene rings is 1. The summed E-state index contributed by atoms with van der Waals surface area (Å²) in [6, 6.07) is 10.2. The summed E-state index contributed by atoms with van der Waals surface area (Å²) in [5.41, 5.74) is 4.71. The maximum atomic E-state index is 12.8. The number of amides is 1. The maximum absolute atomic E-state index is 12.8. The molecule has 124 valence electrons. The van der Waals surface area contributed by atoms with E-state index in [0.717, 1.165) is 29.8 Å². The highest BCUT2D eigenvalue weighted by molar-refractivity contribution is 7.09. The Kier molecular flexibility index (Phi) is 3.93. The first-order valence-electron chi connectivity index (χ1n) is 8.53. The van der Waals surface area contributed by atoms with Crippen molar-refractivity contribution < 1.29 is 4.79 Å². The zero-order valence-corrected chi connectivity index (χ0v) is 15.0. The summed E-state index contributed by atoms with van der Waals surface area (Å²) in [5.74, 6) is 0.807. The molecule has 1 aromatic carbocycles. The van der Waals surface area contributed by atoms with Crippen molar-refractivity contribution in [3.8, 4) is 0 Å². The Balaban J connectivity index is 1.64. The van der Waals surface area contributed by atoms with Gasteiger partial charge >= 0.3 is 0 Å². The van der Waals surface area contributed by atoms with Crippen LogP contribution < -0.4 is 0 Å². The number of carbonyl (C=O) groups excluding carboxylic acids is 1. The maximum Gasteiger partial charge on any atom is 0.253 e. The molecule has 4 heteroatoms. The molecule has 0 radical (unpaired) electrons. The van der Waals surface area contributed by atoms with E-state index in [0.29, 0.717) is 6.54 Å². The number of nitrogens with one attached hydrogen (secondary N) is 1. The topological polar surface area (TPSA) is 36.1 Å². The number of carbonyl (C=O) groups is 1. The molecule has 3 nitrogen and oxygen atoms in total. The van der Waals surface area contributed by atoms with Gasteiger partial charge in [0.25, 0.3) is 5.91 Å². The van der Waals surface area contributed by atoms with Crippen LogP contribution in [0.2, 0.25) is 0 Å². The normalized spacial score (nSPS) is 17.0. The van der Waals surface area contributed by atoms with Gasteiger partial charge in [-0.15, -0.1) is 11.3 Å². The van der Waals surface area contributed by atoms with Crippen molar-refractivity contribution in [1.82, 2.24) is 9.88 Å². The standard InChI is InChI=1S/C20H22N2OS/c1-13-5-7-18-16(10-13)17-11-14(6-8-19(17)21-18)20(23)22(2)12-15-4-3-9-24-15/h3-4,6,8-9,11,13,21H,5,7,10,12H2,1-2H3. The number of rotatable bonds is 3. The average molecular weight is 338 g/mol. The van der Waals surface area contributed by atoms with E-state index in [1.165, 1.54) is 27.9 Å². The Morgan fingerprint density at radius 1 is 1.38 bits per heavy atom. The summed E-state index contributed by atoms with van der Waals surface area (Å²) in [6.07, 6.45) is 3.47. The smallest absolute Gasteiger partial charge is 0.253 e. The van der Waals surface area contributed by atoms with Crippen molar-refractivity contribution in [2.75, 3.05) is 7.05 Å². The van der Waals surface area contributed by atoms with Gasteiger partial charge in [-0.1, -0.05) is 13.0 Å². The third-order valence-corrected chi connectivity index (χ3v) is 5.86. The van der Waals surface area contributed by atoms with Crippen LogP contribution in [0.1, 0.15) is 39.8 Å². The van der Waals surface area contributed by atoms with E-state index in [1.54, 1.807) is 16.2 Å². The molecule has 0 saturated heterocycles. The van der Waals surface area contributed by atoms with Gasteiger partial charge in [-0.25, -0.2) is 0 Å². The second kappa shape index (κ2) is 6.10. The van der Waals surface area contributed by atoms with Gasteiger partial charge in [0, 0.05) is 34.1 Å². The lowest BCUT2D eigenvalue weighted by Crippen LogP contribution is -2.25. The summed E-state index contributed by atoms with van der Waals surface area (Å²) >= 11 is 1.69. The van der Waals surface area contributed by atoms with Crippen molar-refractivity contribution in [1.29, 1.82) is 0 Å². The van der Waals surface area contributed by atoms with Gasteiger partial charge in [0.1, 0.15) is 0 Å². The van der Waals surface area contributed by atoms with Gasteiger partial charge in [0.15, 0.2) is 0 Å². The Labute approximate surface area is 146 Å². The van der Waals surface area contributed by atoms with Crippen LogP contribution in [-0.4, -0.2) is 22.8 Å². The summed E-state index contributed by atoms with van der Waals surface area (Å²) in [7, 11) is 1.88. The van der Waals surface area contributed by atoms with Crippen LogP contribution >= 0.6 is 11.3 Å². The number of nitrogens with zero attached hydrogens (tertiary/aromatic N) is 1. The van der Waals surface area contributed by atoms with Crippen LogP contribution in [0.5, 0.6) is 0 Å². The van der Waals surface area contributed by atoms with Crippen molar-refractivity contribution in [3.63, 3.8) is 0 Å². The number of aryl methyl sites for hydroxylation is 1. The van der Waals surface area contributed by atoms with Gasteiger partial charge in [-0.2, -0.15) is 0 Å². The molecule has 1 aliphatic rings. The van der Waals surface area contributed by atoms with Gasteiger partial charge < -0.3 is 9.88 Å². The van der Waals surface area contributed by atoms with Crippen LogP contribution in [0, 0.1) is 5.92 Å². The SMILES string of the molecule is CC1CCc2[nH]c3ccc(C(=O)N(C)Cc4cccs4)cc3c2C1. The van der Waals surface area contributed by atoms with E-state index in [9.17, 15) is 4.79 Å². The monoisotopic (exact) mass is 338 g/mol. The van der Waals surface area contributed by atoms with E-state index >= 15 is 0 Å². The van der Waals surface area contributed by atoms with Gasteiger partial charge in [-0.3, -0.25) is 4.79 Å². The highest BCUT2D eigenvalue weighted by Crippen LogP contribution is 2.32. The molecule has 4 rings (SSSR count). The van der Waals surface area contributed by atoms with E-state index in [4.69, 9.17) is 0 Å². The first kappa shape index (κ1) is 15.5. The summed E-state index contributed by atoms with van der Waals surface area (Å²) < 4.78 is 0. The zero-order valence-electron chi connectivity index (χ0n) is 14.1. The predicted octanol–water partition coefficient (Wildman–Crippen LogP) is 4.63. The van der Waals surface area contributed by atoms with Crippen molar-refractivity contribution in [3.05, 3.63) is 57.4 Å². The van der Waals surface area contributed by atoms with E-state index in [2.05, 4.69) is 30.1 Å². The van der Waals surface area contributed by atoms with Gasteiger partial charge in [-0.05, 0) is 60.4 Å². The largest absolute Gasteiger partial charge is 0.358 e. The fourth-order valence-corrected chi connectivity index (χ4v) is 4.41. The first-order chi connectivity index (χ1) is 11.6. The Morgan fingerprint density at radius 3 is 3.04 bits per heavy atom. The number of hydrogen-bond acceptors (Lipinski definition) is 2. The van der Waals surface area contributed by atoms with Crippen molar-refractivity contribution in [2.45, 2.75) is 32.7 Å². The molecular formula is C20H22N2OS. The Hall–Kier alpha value is -2.07. The molecule has 0 fully saturated rings.